The number of hydrogen-bond donors (Lipinski definition) is 1. The van der Waals surface area contributed by atoms with E-state index in [1.165, 1.54) is 36.4 Å². The van der Waals surface area contributed by atoms with Crippen molar-refractivity contribution in [2.24, 2.45) is 5.92 Å². The highest BCUT2D eigenvalue weighted by molar-refractivity contribution is 7.92. The molecule has 2 aromatic carbocycles. The van der Waals surface area contributed by atoms with Gasteiger partial charge in [-0.2, -0.15) is 0 Å². The summed E-state index contributed by atoms with van der Waals surface area (Å²) >= 11 is 12.1. The molecule has 1 amide bonds. The number of benzene rings is 2. The SMILES string of the molecule is CS(=O)(=O)N(Cc1ccc(C(=O)NCC2CCCCC2)cc1)c1cc(Cl)cc(Cl)c1. The number of anilines is 1. The van der Waals surface area contributed by atoms with E-state index >= 15 is 0 Å². The van der Waals surface area contributed by atoms with Crippen LogP contribution >= 0.6 is 23.2 Å². The van der Waals surface area contributed by atoms with E-state index in [0.717, 1.165) is 11.8 Å². The van der Waals surface area contributed by atoms with Crippen molar-refractivity contribution >= 4 is 44.8 Å². The Morgan fingerprint density at radius 1 is 1.03 bits per heavy atom. The van der Waals surface area contributed by atoms with E-state index in [1.807, 2.05) is 0 Å². The van der Waals surface area contributed by atoms with Crippen LogP contribution in [0.25, 0.3) is 0 Å². The molecule has 0 spiro atoms. The maximum Gasteiger partial charge on any atom is 0.251 e. The van der Waals surface area contributed by atoms with E-state index in [1.54, 1.807) is 42.5 Å². The van der Waals surface area contributed by atoms with Gasteiger partial charge in [0.1, 0.15) is 0 Å². The monoisotopic (exact) mass is 468 g/mol. The molecule has 0 heterocycles. The lowest BCUT2D eigenvalue weighted by Crippen LogP contribution is -2.30. The third kappa shape index (κ3) is 6.37. The molecule has 162 valence electrons. The number of amides is 1. The molecule has 0 radical (unpaired) electrons. The second-order valence-corrected chi connectivity index (χ2v) is 10.6. The first-order valence-electron chi connectivity index (χ1n) is 10.0. The van der Waals surface area contributed by atoms with Gasteiger partial charge in [-0.25, -0.2) is 8.42 Å². The van der Waals surface area contributed by atoms with Crippen molar-refractivity contribution in [3.05, 3.63) is 63.6 Å². The zero-order valence-electron chi connectivity index (χ0n) is 16.9. The summed E-state index contributed by atoms with van der Waals surface area (Å²) in [4.78, 5) is 12.4. The highest BCUT2D eigenvalue weighted by atomic mass is 35.5. The van der Waals surface area contributed by atoms with Crippen molar-refractivity contribution in [1.82, 2.24) is 5.32 Å². The lowest BCUT2D eigenvalue weighted by atomic mass is 9.89. The molecule has 0 unspecified atom stereocenters. The van der Waals surface area contributed by atoms with Gasteiger partial charge >= 0.3 is 0 Å². The summed E-state index contributed by atoms with van der Waals surface area (Å²) in [6.07, 6.45) is 7.25. The van der Waals surface area contributed by atoms with Gasteiger partial charge in [0.05, 0.1) is 18.5 Å². The number of nitrogens with one attached hydrogen (secondary N) is 1. The number of rotatable bonds is 7. The lowest BCUT2D eigenvalue weighted by Gasteiger charge is -2.23. The molecule has 1 N–H and O–H groups in total. The summed E-state index contributed by atoms with van der Waals surface area (Å²) in [5.74, 6) is 0.462. The Morgan fingerprint density at radius 3 is 2.20 bits per heavy atom. The van der Waals surface area contributed by atoms with Gasteiger partial charge < -0.3 is 5.32 Å². The van der Waals surface area contributed by atoms with Gasteiger partial charge in [-0.1, -0.05) is 54.6 Å². The van der Waals surface area contributed by atoms with E-state index in [0.29, 0.717) is 33.8 Å². The summed E-state index contributed by atoms with van der Waals surface area (Å²) in [5.41, 5.74) is 1.70. The van der Waals surface area contributed by atoms with Crippen LogP contribution in [-0.2, 0) is 16.6 Å². The minimum atomic E-state index is -3.56. The molecular formula is C22H26Cl2N2O3S. The topological polar surface area (TPSA) is 66.5 Å². The number of carbonyl (C=O) groups excluding carboxylic acids is 1. The van der Waals surface area contributed by atoms with Gasteiger partial charge in [0, 0.05) is 22.2 Å². The van der Waals surface area contributed by atoms with Crippen LogP contribution in [0.15, 0.2) is 42.5 Å². The number of carbonyl (C=O) groups is 1. The number of hydrogen-bond acceptors (Lipinski definition) is 3. The molecule has 0 saturated heterocycles. The van der Waals surface area contributed by atoms with Crippen molar-refractivity contribution < 1.29 is 13.2 Å². The van der Waals surface area contributed by atoms with Gasteiger partial charge in [0.15, 0.2) is 0 Å². The Kier molecular flexibility index (Phi) is 7.66. The van der Waals surface area contributed by atoms with Crippen LogP contribution in [-0.4, -0.2) is 27.1 Å². The van der Waals surface area contributed by atoms with Crippen molar-refractivity contribution in [3.8, 4) is 0 Å². The van der Waals surface area contributed by atoms with Crippen LogP contribution in [0, 0.1) is 5.92 Å². The van der Waals surface area contributed by atoms with Crippen molar-refractivity contribution in [2.45, 2.75) is 38.6 Å². The predicted molar refractivity (Wildman–Crippen MR) is 123 cm³/mol. The summed E-state index contributed by atoms with van der Waals surface area (Å²) in [6.45, 7) is 0.817. The Bertz CT molecular complexity index is 968. The summed E-state index contributed by atoms with van der Waals surface area (Å²) < 4.78 is 25.9. The van der Waals surface area contributed by atoms with Crippen LogP contribution in [0.2, 0.25) is 10.0 Å². The van der Waals surface area contributed by atoms with Crippen LogP contribution < -0.4 is 9.62 Å². The van der Waals surface area contributed by atoms with Gasteiger partial charge in [-0.05, 0) is 54.7 Å². The average molecular weight is 469 g/mol. The molecule has 3 rings (SSSR count). The molecule has 0 aliphatic heterocycles. The number of nitrogens with zero attached hydrogens (tertiary/aromatic N) is 1. The minimum absolute atomic E-state index is 0.103. The Hall–Kier alpha value is -1.76. The molecule has 5 nitrogen and oxygen atoms in total. The maximum absolute atomic E-state index is 12.4. The zero-order valence-corrected chi connectivity index (χ0v) is 19.2. The highest BCUT2D eigenvalue weighted by Gasteiger charge is 2.20. The van der Waals surface area contributed by atoms with E-state index < -0.39 is 10.0 Å². The van der Waals surface area contributed by atoms with Crippen molar-refractivity contribution in [3.63, 3.8) is 0 Å². The quantitative estimate of drug-likeness (QED) is 0.601. The third-order valence-electron chi connectivity index (χ3n) is 5.35. The van der Waals surface area contributed by atoms with Gasteiger partial charge in [0.25, 0.3) is 5.91 Å². The second-order valence-electron chi connectivity index (χ2n) is 7.81. The van der Waals surface area contributed by atoms with Gasteiger partial charge in [0.2, 0.25) is 10.0 Å². The largest absolute Gasteiger partial charge is 0.352 e. The second kappa shape index (κ2) is 10.0. The third-order valence-corrected chi connectivity index (χ3v) is 6.93. The first-order valence-corrected chi connectivity index (χ1v) is 12.6. The zero-order chi connectivity index (χ0) is 21.7. The summed E-state index contributed by atoms with van der Waals surface area (Å²) in [5, 5.41) is 3.73. The summed E-state index contributed by atoms with van der Waals surface area (Å²) in [6, 6.07) is 11.6. The van der Waals surface area contributed by atoms with E-state index in [4.69, 9.17) is 23.2 Å². The molecule has 0 aromatic heterocycles. The predicted octanol–water partition coefficient (Wildman–Crippen LogP) is 5.27. The van der Waals surface area contributed by atoms with Crippen molar-refractivity contribution in [2.75, 3.05) is 17.1 Å². The summed E-state index contributed by atoms with van der Waals surface area (Å²) in [7, 11) is -3.56. The Balaban J connectivity index is 1.68. The van der Waals surface area contributed by atoms with E-state index in [-0.39, 0.29) is 12.5 Å². The highest BCUT2D eigenvalue weighted by Crippen LogP contribution is 2.28. The maximum atomic E-state index is 12.4. The molecule has 0 atom stereocenters. The van der Waals surface area contributed by atoms with Crippen LogP contribution in [0.4, 0.5) is 5.69 Å². The molecule has 1 aliphatic rings. The fraction of sp³-hybridized carbons (Fsp3) is 0.409. The fourth-order valence-corrected chi connectivity index (χ4v) is 5.13. The molecule has 1 fully saturated rings. The van der Waals surface area contributed by atoms with E-state index in [2.05, 4.69) is 5.32 Å². The van der Waals surface area contributed by atoms with E-state index in [9.17, 15) is 13.2 Å². The molecule has 2 aromatic rings. The minimum Gasteiger partial charge on any atom is -0.352 e. The number of halogens is 2. The Labute approximate surface area is 188 Å². The molecule has 0 bridgehead atoms. The molecule has 8 heteroatoms. The van der Waals surface area contributed by atoms with Gasteiger partial charge in [-0.15, -0.1) is 0 Å². The average Bonchev–Trinajstić information content (AvgIpc) is 2.70. The first-order chi connectivity index (χ1) is 14.2. The van der Waals surface area contributed by atoms with Crippen LogP contribution in [0.1, 0.15) is 48.0 Å². The lowest BCUT2D eigenvalue weighted by molar-refractivity contribution is 0.0943. The smallest absolute Gasteiger partial charge is 0.251 e. The molecule has 30 heavy (non-hydrogen) atoms. The standard InChI is InChI=1S/C22H26Cl2N2O3S/c1-30(28,29)26(21-12-19(23)11-20(24)13-21)15-17-7-9-18(10-8-17)22(27)25-14-16-5-3-2-4-6-16/h7-13,16H,2-6,14-15H2,1H3,(H,25,27). The van der Waals surface area contributed by atoms with Crippen molar-refractivity contribution in [1.29, 1.82) is 0 Å². The fourth-order valence-electron chi connectivity index (χ4n) is 3.74. The van der Waals surface area contributed by atoms with Crippen LogP contribution in [0.3, 0.4) is 0 Å². The normalized spacial score (nSPS) is 15.0. The molecule has 1 saturated carbocycles. The molecular weight excluding hydrogens is 443 g/mol. The molecule has 1 aliphatic carbocycles. The number of sulfonamides is 1. The van der Waals surface area contributed by atoms with Gasteiger partial charge in [-0.3, -0.25) is 9.10 Å². The first kappa shape index (κ1) is 22.9. The Morgan fingerprint density at radius 2 is 1.63 bits per heavy atom. The van der Waals surface area contributed by atoms with Crippen LogP contribution in [0.5, 0.6) is 0 Å².